The zero-order chi connectivity index (χ0) is 13.7. The first-order valence-corrected chi connectivity index (χ1v) is 7.09. The average Bonchev–Trinajstić information content (AvgIpc) is 2.46. The highest BCUT2D eigenvalue weighted by Gasteiger charge is 2.15. The molecule has 0 radical (unpaired) electrons. The minimum Gasteiger partial charge on any atom is -0.496 e. The molecule has 3 heteroatoms. The molecular formula is C17H24ClNO. The SMILES string of the molecule is CCCCC[C@H](N)c1c(OC)ccc2ccccc12.Cl. The van der Waals surface area contributed by atoms with Crippen molar-refractivity contribution in [3.05, 3.63) is 42.0 Å². The molecule has 2 aromatic carbocycles. The van der Waals surface area contributed by atoms with Crippen molar-refractivity contribution < 1.29 is 4.74 Å². The molecular weight excluding hydrogens is 270 g/mol. The van der Waals surface area contributed by atoms with Gasteiger partial charge >= 0.3 is 0 Å². The van der Waals surface area contributed by atoms with E-state index in [1.54, 1.807) is 7.11 Å². The molecule has 0 unspecified atom stereocenters. The smallest absolute Gasteiger partial charge is 0.124 e. The molecule has 0 amide bonds. The highest BCUT2D eigenvalue weighted by molar-refractivity contribution is 5.88. The highest BCUT2D eigenvalue weighted by atomic mass is 35.5. The molecule has 0 aliphatic heterocycles. The third-order valence-electron chi connectivity index (χ3n) is 3.64. The maximum Gasteiger partial charge on any atom is 0.124 e. The maximum atomic E-state index is 6.40. The second-order valence-corrected chi connectivity index (χ2v) is 5.00. The van der Waals surface area contributed by atoms with Crippen molar-refractivity contribution in [2.75, 3.05) is 7.11 Å². The van der Waals surface area contributed by atoms with Crippen molar-refractivity contribution in [3.63, 3.8) is 0 Å². The van der Waals surface area contributed by atoms with Crippen LogP contribution >= 0.6 is 12.4 Å². The molecule has 0 saturated heterocycles. The van der Waals surface area contributed by atoms with Gasteiger partial charge in [0.2, 0.25) is 0 Å². The minimum absolute atomic E-state index is 0. The number of unbranched alkanes of at least 4 members (excludes halogenated alkanes) is 2. The minimum atomic E-state index is 0. The number of hydrogen-bond donors (Lipinski definition) is 1. The standard InChI is InChI=1S/C17H23NO.ClH/c1-3-4-5-10-15(18)17-14-9-7-6-8-13(14)11-12-16(17)19-2;/h6-9,11-12,15H,3-5,10,18H2,1-2H3;1H/t15-;/m0./s1. The molecule has 0 fully saturated rings. The van der Waals surface area contributed by atoms with E-state index in [0.717, 1.165) is 17.7 Å². The summed E-state index contributed by atoms with van der Waals surface area (Å²) in [5, 5.41) is 2.44. The number of halogens is 1. The van der Waals surface area contributed by atoms with E-state index in [1.807, 2.05) is 6.07 Å². The zero-order valence-corrected chi connectivity index (χ0v) is 13.1. The van der Waals surface area contributed by atoms with Gasteiger partial charge in [-0.1, -0.05) is 56.5 Å². The Kier molecular flexibility index (Phi) is 6.83. The van der Waals surface area contributed by atoms with Crippen LogP contribution in [-0.4, -0.2) is 7.11 Å². The molecule has 2 rings (SSSR count). The summed E-state index contributed by atoms with van der Waals surface area (Å²) in [5.74, 6) is 0.905. The summed E-state index contributed by atoms with van der Waals surface area (Å²) >= 11 is 0. The molecule has 0 aliphatic rings. The Morgan fingerprint density at radius 3 is 2.55 bits per heavy atom. The molecule has 0 spiro atoms. The Morgan fingerprint density at radius 1 is 1.10 bits per heavy atom. The Labute approximate surface area is 127 Å². The first-order valence-electron chi connectivity index (χ1n) is 7.09. The predicted molar refractivity (Wildman–Crippen MR) is 88.8 cm³/mol. The van der Waals surface area contributed by atoms with Gasteiger partial charge in [0.25, 0.3) is 0 Å². The van der Waals surface area contributed by atoms with E-state index >= 15 is 0 Å². The van der Waals surface area contributed by atoms with Crippen LogP contribution < -0.4 is 10.5 Å². The number of ether oxygens (including phenoxy) is 1. The Morgan fingerprint density at radius 2 is 1.85 bits per heavy atom. The first kappa shape index (κ1) is 16.8. The molecule has 110 valence electrons. The summed E-state index contributed by atoms with van der Waals surface area (Å²) < 4.78 is 5.50. The lowest BCUT2D eigenvalue weighted by Gasteiger charge is -2.18. The van der Waals surface area contributed by atoms with Crippen LogP contribution in [0.4, 0.5) is 0 Å². The number of nitrogens with two attached hydrogens (primary N) is 1. The van der Waals surface area contributed by atoms with Crippen molar-refractivity contribution in [1.82, 2.24) is 0 Å². The molecule has 1 atom stereocenters. The molecule has 0 heterocycles. The Hall–Kier alpha value is -1.25. The lowest BCUT2D eigenvalue weighted by molar-refractivity contribution is 0.404. The molecule has 2 nitrogen and oxygen atoms in total. The fourth-order valence-corrected chi connectivity index (χ4v) is 2.59. The lowest BCUT2D eigenvalue weighted by Crippen LogP contribution is -2.12. The van der Waals surface area contributed by atoms with Crippen LogP contribution in [-0.2, 0) is 0 Å². The Balaban J connectivity index is 0.00000200. The summed E-state index contributed by atoms with van der Waals surface area (Å²) in [7, 11) is 1.71. The molecule has 0 aliphatic carbocycles. The third-order valence-corrected chi connectivity index (χ3v) is 3.64. The third kappa shape index (κ3) is 3.65. The van der Waals surface area contributed by atoms with Crippen molar-refractivity contribution >= 4 is 23.2 Å². The molecule has 2 aromatic rings. The fourth-order valence-electron chi connectivity index (χ4n) is 2.59. The quantitative estimate of drug-likeness (QED) is 0.773. The number of fused-ring (bicyclic) bond motifs is 1. The van der Waals surface area contributed by atoms with E-state index in [9.17, 15) is 0 Å². The van der Waals surface area contributed by atoms with E-state index in [0.29, 0.717) is 0 Å². The van der Waals surface area contributed by atoms with Crippen molar-refractivity contribution in [1.29, 1.82) is 0 Å². The van der Waals surface area contributed by atoms with E-state index in [-0.39, 0.29) is 18.4 Å². The van der Waals surface area contributed by atoms with E-state index in [1.165, 1.54) is 30.0 Å². The van der Waals surface area contributed by atoms with Crippen LogP contribution in [0.25, 0.3) is 10.8 Å². The van der Waals surface area contributed by atoms with Gasteiger partial charge in [-0.3, -0.25) is 0 Å². The van der Waals surface area contributed by atoms with Crippen molar-refractivity contribution in [2.24, 2.45) is 5.73 Å². The predicted octanol–water partition coefficient (Wildman–Crippen LogP) is 4.85. The van der Waals surface area contributed by atoms with Crippen LogP contribution in [0.3, 0.4) is 0 Å². The first-order chi connectivity index (χ1) is 9.27. The molecule has 0 aromatic heterocycles. The largest absolute Gasteiger partial charge is 0.496 e. The van der Waals surface area contributed by atoms with Gasteiger partial charge in [0, 0.05) is 11.6 Å². The van der Waals surface area contributed by atoms with Crippen molar-refractivity contribution in [3.8, 4) is 5.75 Å². The van der Waals surface area contributed by atoms with E-state index < -0.39 is 0 Å². The molecule has 0 saturated carbocycles. The van der Waals surface area contributed by atoms with E-state index in [4.69, 9.17) is 10.5 Å². The van der Waals surface area contributed by atoms with Gasteiger partial charge in [0.15, 0.2) is 0 Å². The van der Waals surface area contributed by atoms with Gasteiger partial charge < -0.3 is 10.5 Å². The molecule has 0 bridgehead atoms. The maximum absolute atomic E-state index is 6.40. The number of benzene rings is 2. The van der Waals surface area contributed by atoms with Crippen LogP contribution in [0.5, 0.6) is 5.75 Å². The summed E-state index contributed by atoms with van der Waals surface area (Å²) in [6.07, 6.45) is 4.64. The summed E-state index contributed by atoms with van der Waals surface area (Å²) in [6.45, 7) is 2.21. The van der Waals surface area contributed by atoms with Gasteiger partial charge in [0.05, 0.1) is 7.11 Å². The fraction of sp³-hybridized carbons (Fsp3) is 0.412. The van der Waals surface area contributed by atoms with Gasteiger partial charge in [0.1, 0.15) is 5.75 Å². The van der Waals surface area contributed by atoms with Crippen LogP contribution in [0, 0.1) is 0 Å². The summed E-state index contributed by atoms with van der Waals surface area (Å²) in [6, 6.07) is 12.5. The second kappa shape index (κ2) is 8.13. The monoisotopic (exact) mass is 293 g/mol. The van der Waals surface area contributed by atoms with Gasteiger partial charge in [-0.25, -0.2) is 0 Å². The van der Waals surface area contributed by atoms with Gasteiger partial charge in [-0.15, -0.1) is 12.4 Å². The Bertz CT molecular complexity index is 542. The lowest BCUT2D eigenvalue weighted by atomic mass is 9.94. The van der Waals surface area contributed by atoms with Gasteiger partial charge in [-0.05, 0) is 23.3 Å². The van der Waals surface area contributed by atoms with Crippen LogP contribution in [0.15, 0.2) is 36.4 Å². The topological polar surface area (TPSA) is 35.2 Å². The number of rotatable bonds is 6. The summed E-state index contributed by atoms with van der Waals surface area (Å²) in [4.78, 5) is 0. The van der Waals surface area contributed by atoms with E-state index in [2.05, 4.69) is 37.3 Å². The van der Waals surface area contributed by atoms with Crippen LogP contribution in [0.1, 0.15) is 44.2 Å². The molecule has 2 N–H and O–H groups in total. The summed E-state index contributed by atoms with van der Waals surface area (Å²) in [5.41, 5.74) is 7.55. The second-order valence-electron chi connectivity index (χ2n) is 5.00. The van der Waals surface area contributed by atoms with Crippen LogP contribution in [0.2, 0.25) is 0 Å². The normalized spacial score (nSPS) is 11.9. The number of hydrogen-bond acceptors (Lipinski definition) is 2. The van der Waals surface area contributed by atoms with Crippen molar-refractivity contribution in [2.45, 2.75) is 38.6 Å². The zero-order valence-electron chi connectivity index (χ0n) is 12.3. The average molecular weight is 294 g/mol. The molecule has 20 heavy (non-hydrogen) atoms. The van der Waals surface area contributed by atoms with Gasteiger partial charge in [-0.2, -0.15) is 0 Å². The highest BCUT2D eigenvalue weighted by Crippen LogP contribution is 2.34. The number of methoxy groups -OCH3 is 1.